The van der Waals surface area contributed by atoms with Crippen LogP contribution in [0.5, 0.6) is 0 Å². The minimum Gasteiger partial charge on any atom is -0.340 e. The topological polar surface area (TPSA) is 75.7 Å². The number of rotatable bonds is 4. The van der Waals surface area contributed by atoms with Crippen molar-refractivity contribution in [3.05, 3.63) is 77.7 Å². The molecule has 0 spiro atoms. The number of imidazole rings is 1. The molecule has 0 saturated heterocycles. The van der Waals surface area contributed by atoms with Crippen LogP contribution in [0.4, 0.5) is 0 Å². The highest BCUT2D eigenvalue weighted by Gasteiger charge is 2.26. The number of pyridine rings is 1. The molecule has 0 amide bonds. The molecule has 2 aromatic heterocycles. The lowest BCUT2D eigenvalue weighted by atomic mass is 9.98. The van der Waals surface area contributed by atoms with E-state index in [0.717, 1.165) is 50.9 Å². The first-order chi connectivity index (χ1) is 15.3. The van der Waals surface area contributed by atoms with Gasteiger partial charge in [0.15, 0.2) is 9.84 Å². The zero-order chi connectivity index (χ0) is 22.5. The standard InChI is InChI=1S/C26H25N3O2S/c1-16(2)26-28-24(25(29-26)22-9-4-6-17(3)27-22)21-8-5-7-18(15-21)19-10-11-23-20(14-19)12-13-32(23,30)31/h4-11,14-16H,12-13H2,1-3H3,(H,28,29). The molecule has 0 unspecified atom stereocenters. The molecule has 0 atom stereocenters. The summed E-state index contributed by atoms with van der Waals surface area (Å²) in [5.41, 5.74) is 7.55. The normalized spacial score (nSPS) is 14.6. The Labute approximate surface area is 188 Å². The molecule has 0 saturated carbocycles. The summed E-state index contributed by atoms with van der Waals surface area (Å²) in [5, 5.41) is 0. The molecule has 162 valence electrons. The third-order valence-corrected chi connectivity index (χ3v) is 7.73. The van der Waals surface area contributed by atoms with Crippen molar-refractivity contribution in [2.45, 2.75) is 38.0 Å². The average Bonchev–Trinajstić information content (AvgIpc) is 3.35. The molecule has 1 N–H and O–H groups in total. The van der Waals surface area contributed by atoms with Crippen molar-refractivity contribution in [1.29, 1.82) is 0 Å². The molecule has 4 aromatic rings. The zero-order valence-corrected chi connectivity index (χ0v) is 19.2. The van der Waals surface area contributed by atoms with Crippen LogP contribution < -0.4 is 0 Å². The van der Waals surface area contributed by atoms with Crippen molar-refractivity contribution >= 4 is 9.84 Å². The van der Waals surface area contributed by atoms with Gasteiger partial charge in [0, 0.05) is 17.2 Å². The predicted octanol–water partition coefficient (Wildman–Crippen LogP) is 5.57. The summed E-state index contributed by atoms with van der Waals surface area (Å²) in [6.45, 7) is 6.22. The molecule has 0 bridgehead atoms. The number of aromatic nitrogens is 3. The van der Waals surface area contributed by atoms with Gasteiger partial charge in [0.2, 0.25) is 0 Å². The number of aromatic amines is 1. The van der Waals surface area contributed by atoms with E-state index in [9.17, 15) is 8.42 Å². The predicted molar refractivity (Wildman–Crippen MR) is 127 cm³/mol. The fourth-order valence-corrected chi connectivity index (χ4v) is 5.74. The largest absolute Gasteiger partial charge is 0.340 e. The minimum atomic E-state index is -3.12. The lowest BCUT2D eigenvalue weighted by Gasteiger charge is -2.08. The Morgan fingerprint density at radius 2 is 1.66 bits per heavy atom. The molecule has 5 rings (SSSR count). The highest BCUT2D eigenvalue weighted by atomic mass is 32.2. The SMILES string of the molecule is Cc1cccc(-c2[nH]c(C(C)C)nc2-c2cccc(-c3ccc4c(c3)CCS4(=O)=O)c2)n1. The Kier molecular flexibility index (Phi) is 4.97. The first-order valence-electron chi connectivity index (χ1n) is 10.8. The molecular weight excluding hydrogens is 418 g/mol. The van der Waals surface area contributed by atoms with Crippen molar-refractivity contribution in [1.82, 2.24) is 15.0 Å². The van der Waals surface area contributed by atoms with E-state index < -0.39 is 9.84 Å². The fraction of sp³-hybridized carbons (Fsp3) is 0.231. The van der Waals surface area contributed by atoms with E-state index in [1.165, 1.54) is 0 Å². The van der Waals surface area contributed by atoms with E-state index in [4.69, 9.17) is 9.97 Å². The van der Waals surface area contributed by atoms with Crippen LogP contribution in [0.1, 0.15) is 36.8 Å². The summed E-state index contributed by atoms with van der Waals surface area (Å²) in [6.07, 6.45) is 0.575. The molecule has 2 aromatic carbocycles. The summed E-state index contributed by atoms with van der Waals surface area (Å²) < 4.78 is 24.4. The smallest absolute Gasteiger partial charge is 0.178 e. The van der Waals surface area contributed by atoms with Crippen molar-refractivity contribution in [2.24, 2.45) is 0 Å². The number of hydrogen-bond donors (Lipinski definition) is 1. The van der Waals surface area contributed by atoms with Gasteiger partial charge in [0.1, 0.15) is 5.82 Å². The van der Waals surface area contributed by atoms with E-state index >= 15 is 0 Å². The Bertz CT molecular complexity index is 1440. The number of fused-ring (bicyclic) bond motifs is 1. The number of benzene rings is 2. The second-order valence-corrected chi connectivity index (χ2v) is 10.7. The van der Waals surface area contributed by atoms with Gasteiger partial charge in [-0.15, -0.1) is 0 Å². The van der Waals surface area contributed by atoms with Gasteiger partial charge in [0.25, 0.3) is 0 Å². The van der Waals surface area contributed by atoms with E-state index in [1.54, 1.807) is 6.07 Å². The van der Waals surface area contributed by atoms with Gasteiger partial charge in [-0.2, -0.15) is 0 Å². The van der Waals surface area contributed by atoms with Gasteiger partial charge in [-0.3, -0.25) is 4.98 Å². The first-order valence-corrected chi connectivity index (χ1v) is 12.5. The monoisotopic (exact) mass is 443 g/mol. The van der Waals surface area contributed by atoms with Crippen LogP contribution >= 0.6 is 0 Å². The van der Waals surface area contributed by atoms with E-state index in [-0.39, 0.29) is 11.7 Å². The van der Waals surface area contributed by atoms with Crippen LogP contribution in [0.15, 0.2) is 65.6 Å². The van der Waals surface area contributed by atoms with Gasteiger partial charge in [-0.05, 0) is 60.4 Å². The maximum Gasteiger partial charge on any atom is 0.178 e. The maximum atomic E-state index is 12.2. The molecule has 0 fully saturated rings. The highest BCUT2D eigenvalue weighted by molar-refractivity contribution is 7.91. The molecule has 5 nitrogen and oxygen atoms in total. The van der Waals surface area contributed by atoms with Crippen molar-refractivity contribution < 1.29 is 8.42 Å². The molecule has 1 aliphatic rings. The zero-order valence-electron chi connectivity index (χ0n) is 18.4. The highest BCUT2D eigenvalue weighted by Crippen LogP contribution is 2.35. The van der Waals surface area contributed by atoms with Crippen LogP contribution in [0.25, 0.3) is 33.8 Å². The van der Waals surface area contributed by atoms with E-state index in [0.29, 0.717) is 11.3 Å². The van der Waals surface area contributed by atoms with E-state index in [2.05, 4.69) is 37.0 Å². The van der Waals surface area contributed by atoms with Crippen LogP contribution in [0, 0.1) is 6.92 Å². The van der Waals surface area contributed by atoms with Crippen LogP contribution in [0.2, 0.25) is 0 Å². The van der Waals surface area contributed by atoms with Crippen LogP contribution in [-0.2, 0) is 16.3 Å². The average molecular weight is 444 g/mol. The molecule has 0 radical (unpaired) electrons. The quantitative estimate of drug-likeness (QED) is 0.448. The number of aryl methyl sites for hydroxylation is 2. The Hall–Kier alpha value is -3.25. The molecule has 6 heteroatoms. The molecule has 32 heavy (non-hydrogen) atoms. The summed E-state index contributed by atoms with van der Waals surface area (Å²) in [5.74, 6) is 1.38. The van der Waals surface area contributed by atoms with Crippen molar-refractivity contribution in [3.63, 3.8) is 0 Å². The fourth-order valence-electron chi connectivity index (χ4n) is 4.20. The molecular formula is C26H25N3O2S. The maximum absolute atomic E-state index is 12.2. The van der Waals surface area contributed by atoms with Gasteiger partial charge >= 0.3 is 0 Å². The Morgan fingerprint density at radius 1 is 0.906 bits per heavy atom. The second-order valence-electron chi connectivity index (χ2n) is 8.64. The van der Waals surface area contributed by atoms with Crippen molar-refractivity contribution in [3.8, 4) is 33.8 Å². The summed E-state index contributed by atoms with van der Waals surface area (Å²) in [7, 11) is -3.12. The summed E-state index contributed by atoms with van der Waals surface area (Å²) >= 11 is 0. The molecule has 1 aliphatic heterocycles. The Morgan fingerprint density at radius 3 is 2.44 bits per heavy atom. The van der Waals surface area contributed by atoms with Crippen molar-refractivity contribution in [2.75, 3.05) is 5.75 Å². The minimum absolute atomic E-state index is 0.198. The van der Waals surface area contributed by atoms with Crippen LogP contribution in [0.3, 0.4) is 0 Å². The van der Waals surface area contributed by atoms with Gasteiger partial charge < -0.3 is 4.98 Å². The van der Waals surface area contributed by atoms with Crippen LogP contribution in [-0.4, -0.2) is 29.1 Å². The number of nitrogens with zero attached hydrogens (tertiary/aromatic N) is 2. The number of nitrogens with one attached hydrogen (secondary N) is 1. The Balaban J connectivity index is 1.61. The summed E-state index contributed by atoms with van der Waals surface area (Å²) in [4.78, 5) is 13.6. The first kappa shape index (κ1) is 20.6. The number of sulfone groups is 1. The second kappa shape index (κ2) is 7.71. The third-order valence-electron chi connectivity index (χ3n) is 5.92. The lowest BCUT2D eigenvalue weighted by molar-refractivity contribution is 0.600. The van der Waals surface area contributed by atoms with Gasteiger partial charge in [-0.25, -0.2) is 13.4 Å². The molecule has 0 aliphatic carbocycles. The number of H-pyrrole nitrogens is 1. The summed E-state index contributed by atoms with van der Waals surface area (Å²) in [6, 6.07) is 19.9. The molecule has 3 heterocycles. The third kappa shape index (κ3) is 3.65. The lowest BCUT2D eigenvalue weighted by Crippen LogP contribution is -1.98. The van der Waals surface area contributed by atoms with Gasteiger partial charge in [0.05, 0.1) is 27.7 Å². The van der Waals surface area contributed by atoms with E-state index in [1.807, 2.05) is 43.3 Å². The number of hydrogen-bond acceptors (Lipinski definition) is 4. The van der Waals surface area contributed by atoms with Gasteiger partial charge in [-0.1, -0.05) is 44.2 Å².